The van der Waals surface area contributed by atoms with Gasteiger partial charge in [0.2, 0.25) is 0 Å². The van der Waals surface area contributed by atoms with E-state index in [1.165, 1.54) is 11.3 Å². The molecule has 0 bridgehead atoms. The lowest BCUT2D eigenvalue weighted by Crippen LogP contribution is -2.25. The van der Waals surface area contributed by atoms with Crippen molar-refractivity contribution in [3.63, 3.8) is 0 Å². The van der Waals surface area contributed by atoms with Crippen LogP contribution < -0.4 is 5.32 Å². The molecule has 0 aliphatic carbocycles. The van der Waals surface area contributed by atoms with Crippen molar-refractivity contribution in [3.8, 4) is 0 Å². The molecule has 0 amide bonds. The topological polar surface area (TPSA) is 46.2 Å². The maximum Gasteiger partial charge on any atom is 0.187 e. The predicted molar refractivity (Wildman–Crippen MR) is 64.1 cm³/mol. The number of hydrogen-bond donors (Lipinski definition) is 1. The van der Waals surface area contributed by atoms with Gasteiger partial charge in [-0.3, -0.25) is 0 Å². The molecular formula is C10H17NO2S2. The third-order valence-electron chi connectivity index (χ3n) is 1.94. The average molecular weight is 247 g/mol. The molecule has 1 N–H and O–H groups in total. The summed E-state index contributed by atoms with van der Waals surface area (Å²) in [5.41, 5.74) is 0. The molecule has 1 rings (SSSR count). The largest absolute Gasteiger partial charge is 0.314 e. The van der Waals surface area contributed by atoms with Crippen molar-refractivity contribution in [1.82, 2.24) is 5.32 Å². The summed E-state index contributed by atoms with van der Waals surface area (Å²) >= 11 is 1.29. The number of rotatable bonds is 6. The van der Waals surface area contributed by atoms with Crippen LogP contribution in [-0.2, 0) is 9.84 Å². The van der Waals surface area contributed by atoms with Gasteiger partial charge in [-0.25, -0.2) is 8.42 Å². The van der Waals surface area contributed by atoms with Crippen molar-refractivity contribution < 1.29 is 8.42 Å². The lowest BCUT2D eigenvalue weighted by Gasteiger charge is -2.07. The lowest BCUT2D eigenvalue weighted by atomic mass is 10.4. The molecule has 0 aliphatic heterocycles. The van der Waals surface area contributed by atoms with Crippen molar-refractivity contribution in [1.29, 1.82) is 0 Å². The molecule has 0 saturated heterocycles. The molecule has 0 aliphatic rings. The third-order valence-corrected chi connectivity index (χ3v) is 5.23. The van der Waals surface area contributed by atoms with Crippen molar-refractivity contribution in [2.75, 3.05) is 12.3 Å². The molecule has 0 spiro atoms. The van der Waals surface area contributed by atoms with Crippen LogP contribution in [-0.4, -0.2) is 26.8 Å². The molecule has 0 radical (unpaired) electrons. The van der Waals surface area contributed by atoms with E-state index in [-0.39, 0.29) is 5.75 Å². The minimum absolute atomic E-state index is 0.229. The summed E-state index contributed by atoms with van der Waals surface area (Å²) < 4.78 is 23.9. The molecule has 86 valence electrons. The molecule has 0 aromatic carbocycles. The van der Waals surface area contributed by atoms with Gasteiger partial charge in [0.25, 0.3) is 0 Å². The van der Waals surface area contributed by atoms with E-state index in [1.807, 2.05) is 13.8 Å². The van der Waals surface area contributed by atoms with Gasteiger partial charge in [-0.15, -0.1) is 11.3 Å². The van der Waals surface area contributed by atoms with Crippen LogP contribution in [0.3, 0.4) is 0 Å². The van der Waals surface area contributed by atoms with Crippen LogP contribution in [0.5, 0.6) is 0 Å². The molecule has 1 aromatic heterocycles. The fourth-order valence-corrected chi connectivity index (χ4v) is 3.66. The van der Waals surface area contributed by atoms with Crippen LogP contribution in [0.25, 0.3) is 0 Å². The Balaban J connectivity index is 2.39. The van der Waals surface area contributed by atoms with E-state index in [0.717, 1.165) is 6.54 Å². The zero-order valence-electron chi connectivity index (χ0n) is 9.06. The van der Waals surface area contributed by atoms with Gasteiger partial charge in [0.15, 0.2) is 9.84 Å². The summed E-state index contributed by atoms with van der Waals surface area (Å²) in [4.78, 5) is 0. The van der Waals surface area contributed by atoms with Crippen LogP contribution in [0, 0.1) is 0 Å². The standard InChI is InChI=1S/C10H17NO2S2/c1-9(2)11-6-4-8-15(12,13)10-5-3-7-14-10/h3,5,7,9,11H,4,6,8H2,1-2H3. The summed E-state index contributed by atoms with van der Waals surface area (Å²) in [6.07, 6.45) is 0.665. The van der Waals surface area contributed by atoms with Crippen LogP contribution in [0.4, 0.5) is 0 Å². The van der Waals surface area contributed by atoms with Gasteiger partial charge in [-0.1, -0.05) is 19.9 Å². The summed E-state index contributed by atoms with van der Waals surface area (Å²) in [7, 11) is -3.04. The first-order valence-electron chi connectivity index (χ1n) is 5.02. The normalized spacial score (nSPS) is 12.2. The van der Waals surface area contributed by atoms with E-state index < -0.39 is 9.84 Å². The van der Waals surface area contributed by atoms with Crippen molar-refractivity contribution in [2.24, 2.45) is 0 Å². The molecule has 0 unspecified atom stereocenters. The number of hydrogen-bond acceptors (Lipinski definition) is 4. The number of sulfone groups is 1. The Hall–Kier alpha value is -0.390. The first-order valence-corrected chi connectivity index (χ1v) is 7.55. The highest BCUT2D eigenvalue weighted by Gasteiger charge is 2.14. The number of nitrogens with one attached hydrogen (secondary N) is 1. The van der Waals surface area contributed by atoms with Crippen molar-refractivity contribution >= 4 is 21.2 Å². The van der Waals surface area contributed by atoms with Gasteiger partial charge in [-0.2, -0.15) is 0 Å². The minimum Gasteiger partial charge on any atom is -0.314 e. The molecule has 1 aromatic rings. The Kier molecular flexibility index (Phi) is 4.76. The zero-order chi connectivity index (χ0) is 11.3. The smallest absolute Gasteiger partial charge is 0.187 e. The summed E-state index contributed by atoms with van der Waals surface area (Å²) in [5.74, 6) is 0.229. The van der Waals surface area contributed by atoms with Crippen molar-refractivity contribution in [3.05, 3.63) is 17.5 Å². The minimum atomic E-state index is -3.04. The summed E-state index contributed by atoms with van der Waals surface area (Å²) in [5, 5.41) is 4.99. The Morgan fingerprint density at radius 3 is 2.73 bits per heavy atom. The maximum absolute atomic E-state index is 11.7. The monoisotopic (exact) mass is 247 g/mol. The Morgan fingerprint density at radius 2 is 2.20 bits per heavy atom. The highest BCUT2D eigenvalue weighted by atomic mass is 32.2. The maximum atomic E-state index is 11.7. The van der Waals surface area contributed by atoms with Crippen molar-refractivity contribution in [2.45, 2.75) is 30.5 Å². The van der Waals surface area contributed by atoms with Gasteiger partial charge in [0, 0.05) is 6.04 Å². The van der Waals surface area contributed by atoms with E-state index in [1.54, 1.807) is 17.5 Å². The average Bonchev–Trinajstić information content (AvgIpc) is 2.65. The molecule has 15 heavy (non-hydrogen) atoms. The van der Waals surface area contributed by atoms with Gasteiger partial charge in [0.05, 0.1) is 5.75 Å². The number of thiophene rings is 1. The highest BCUT2D eigenvalue weighted by Crippen LogP contribution is 2.17. The second-order valence-electron chi connectivity index (χ2n) is 3.71. The molecule has 1 heterocycles. The molecule has 0 fully saturated rings. The van der Waals surface area contributed by atoms with Crippen LogP contribution in [0.15, 0.2) is 21.7 Å². The quantitative estimate of drug-likeness (QED) is 0.781. The van der Waals surface area contributed by atoms with E-state index >= 15 is 0 Å². The molecular weight excluding hydrogens is 230 g/mol. The first kappa shape index (κ1) is 12.7. The Bertz CT molecular complexity index is 368. The zero-order valence-corrected chi connectivity index (χ0v) is 10.7. The molecule has 3 nitrogen and oxygen atoms in total. The van der Waals surface area contributed by atoms with Gasteiger partial charge in [-0.05, 0) is 24.4 Å². The fourth-order valence-electron chi connectivity index (χ4n) is 1.19. The van der Waals surface area contributed by atoms with Crippen LogP contribution >= 0.6 is 11.3 Å². The lowest BCUT2D eigenvalue weighted by molar-refractivity contribution is 0.569. The molecule has 0 atom stereocenters. The van der Waals surface area contributed by atoms with Crippen LogP contribution in [0.2, 0.25) is 0 Å². The first-order chi connectivity index (χ1) is 7.02. The van der Waals surface area contributed by atoms with Gasteiger partial charge < -0.3 is 5.32 Å². The predicted octanol–water partition coefficient (Wildman–Crippen LogP) is 1.91. The summed E-state index contributed by atoms with van der Waals surface area (Å²) in [6.45, 7) is 4.85. The van der Waals surface area contributed by atoms with Crippen LogP contribution in [0.1, 0.15) is 20.3 Å². The van der Waals surface area contributed by atoms with Gasteiger partial charge in [0.1, 0.15) is 4.21 Å². The van der Waals surface area contributed by atoms with E-state index in [2.05, 4.69) is 5.32 Å². The highest BCUT2D eigenvalue weighted by molar-refractivity contribution is 7.93. The second-order valence-corrected chi connectivity index (χ2v) is 7.00. The molecule has 5 heteroatoms. The Labute approximate surface area is 95.4 Å². The SMILES string of the molecule is CC(C)NCCCS(=O)(=O)c1cccs1. The Morgan fingerprint density at radius 1 is 1.47 bits per heavy atom. The van der Waals surface area contributed by atoms with E-state index in [9.17, 15) is 8.42 Å². The molecule has 0 saturated carbocycles. The third kappa shape index (κ3) is 4.32. The van der Waals surface area contributed by atoms with E-state index in [0.29, 0.717) is 16.7 Å². The summed E-state index contributed by atoms with van der Waals surface area (Å²) in [6, 6.07) is 3.84. The van der Waals surface area contributed by atoms with Gasteiger partial charge >= 0.3 is 0 Å². The second kappa shape index (κ2) is 5.63. The van der Waals surface area contributed by atoms with E-state index in [4.69, 9.17) is 0 Å². The fraction of sp³-hybridized carbons (Fsp3) is 0.600.